The molecule has 3 aromatic carbocycles. The second-order valence-electron chi connectivity index (χ2n) is 6.53. The van der Waals surface area contributed by atoms with Gasteiger partial charge in [-0.1, -0.05) is 54.1 Å². The van der Waals surface area contributed by atoms with Gasteiger partial charge in [-0.2, -0.15) is 0 Å². The van der Waals surface area contributed by atoms with Crippen molar-refractivity contribution >= 4 is 23.8 Å². The van der Waals surface area contributed by atoms with Crippen LogP contribution >= 0.6 is 7.37 Å². The van der Waals surface area contributed by atoms with Crippen molar-refractivity contribution in [2.45, 2.75) is 20.8 Å². The first-order valence-electron chi connectivity index (χ1n) is 8.43. The third-order valence-electron chi connectivity index (χ3n) is 4.54. The normalized spacial score (nSPS) is 13.2. The molecule has 0 bridgehead atoms. The Labute approximate surface area is 153 Å². The summed E-state index contributed by atoms with van der Waals surface area (Å²) in [6.45, 7) is 5.65. The largest absolute Gasteiger partial charge is 0.338 e. The summed E-state index contributed by atoms with van der Waals surface area (Å²) >= 11 is 0. The van der Waals surface area contributed by atoms with Crippen LogP contribution in [0.3, 0.4) is 0 Å². The Hall–Kier alpha value is -2.48. The topological polar surface area (TPSA) is 54.4 Å². The Morgan fingerprint density at radius 3 is 2.19 bits per heavy atom. The van der Waals surface area contributed by atoms with E-state index in [1.54, 1.807) is 61.5 Å². The minimum absolute atomic E-state index is 0.189. The fourth-order valence-electron chi connectivity index (χ4n) is 3.17. The van der Waals surface area contributed by atoms with Crippen LogP contribution in [0.15, 0.2) is 66.7 Å². The van der Waals surface area contributed by atoms with Crippen LogP contribution in [0.4, 0.5) is 0 Å². The molecule has 1 unspecified atom stereocenters. The molecule has 0 radical (unpaired) electrons. The summed E-state index contributed by atoms with van der Waals surface area (Å²) in [4.78, 5) is 24.1. The summed E-state index contributed by atoms with van der Waals surface area (Å²) in [6, 6.07) is 19.2. The van der Waals surface area contributed by atoms with E-state index in [4.69, 9.17) is 0 Å². The summed E-state index contributed by atoms with van der Waals surface area (Å²) in [6.07, 6.45) is 0. The van der Waals surface area contributed by atoms with Gasteiger partial charge in [-0.05, 0) is 50.1 Å². The molecule has 0 saturated carbocycles. The summed E-state index contributed by atoms with van der Waals surface area (Å²) in [5, 5.41) is 0.508. The summed E-state index contributed by atoms with van der Waals surface area (Å²) in [5.74, 6) is -0.221. The van der Waals surface area contributed by atoms with Crippen molar-refractivity contribution in [3.8, 4) is 0 Å². The van der Waals surface area contributed by atoms with E-state index in [-0.39, 0.29) is 11.1 Å². The van der Waals surface area contributed by atoms with Crippen molar-refractivity contribution in [1.29, 1.82) is 0 Å². The zero-order valence-electron chi connectivity index (χ0n) is 15.1. The van der Waals surface area contributed by atoms with E-state index in [2.05, 4.69) is 0 Å². The van der Waals surface area contributed by atoms with Crippen molar-refractivity contribution in [3.05, 3.63) is 94.5 Å². The number of benzene rings is 3. The highest BCUT2D eigenvalue weighted by Crippen LogP contribution is 2.40. The van der Waals surface area contributed by atoms with Gasteiger partial charge >= 0.3 is 0 Å². The van der Waals surface area contributed by atoms with Gasteiger partial charge in [-0.25, -0.2) is 0 Å². The molecule has 1 atom stereocenters. The van der Waals surface area contributed by atoms with Gasteiger partial charge in [0, 0.05) is 16.4 Å². The Balaban J connectivity index is 2.20. The van der Waals surface area contributed by atoms with Gasteiger partial charge in [0.2, 0.25) is 0 Å². The van der Waals surface area contributed by atoms with Crippen molar-refractivity contribution in [2.24, 2.45) is 0 Å². The predicted molar refractivity (Wildman–Crippen MR) is 106 cm³/mol. The minimum Gasteiger partial charge on any atom is -0.338 e. The average molecular weight is 364 g/mol. The van der Waals surface area contributed by atoms with E-state index < -0.39 is 7.37 Å². The average Bonchev–Trinajstić information content (AvgIpc) is 2.61. The van der Waals surface area contributed by atoms with Crippen LogP contribution in [0.25, 0.3) is 0 Å². The molecule has 0 fully saturated rings. The summed E-state index contributed by atoms with van der Waals surface area (Å²) < 4.78 is 13.3. The molecule has 3 rings (SSSR count). The van der Waals surface area contributed by atoms with Gasteiger partial charge in [0.15, 0.2) is 5.78 Å². The third-order valence-corrected chi connectivity index (χ3v) is 6.56. The van der Waals surface area contributed by atoms with E-state index >= 15 is 0 Å². The Bertz CT molecular complexity index is 1020. The van der Waals surface area contributed by atoms with Crippen molar-refractivity contribution < 1.29 is 14.3 Å². The summed E-state index contributed by atoms with van der Waals surface area (Å²) in [7, 11) is -3.88. The van der Waals surface area contributed by atoms with Gasteiger partial charge in [0.25, 0.3) is 7.37 Å². The lowest BCUT2D eigenvalue weighted by Gasteiger charge is -2.18. The Morgan fingerprint density at radius 2 is 1.54 bits per heavy atom. The van der Waals surface area contributed by atoms with Gasteiger partial charge in [0.05, 0.1) is 5.30 Å². The van der Waals surface area contributed by atoms with E-state index in [0.717, 1.165) is 11.1 Å². The van der Waals surface area contributed by atoms with Crippen LogP contribution < -0.4 is 10.6 Å². The number of hydrogen-bond donors (Lipinski definition) is 1. The Morgan fingerprint density at radius 1 is 0.846 bits per heavy atom. The van der Waals surface area contributed by atoms with Crippen LogP contribution in [0.5, 0.6) is 0 Å². The second-order valence-corrected chi connectivity index (χ2v) is 8.68. The standard InChI is InChI=1S/C22H21O3P/c1-15-12-13-19(17(3)14-15)22(23)21-16(2)8-7-11-20(21)26(24,25)18-9-5-4-6-10-18/h4-14H,1-3H3,(H,24,25). The molecule has 3 nitrogen and oxygen atoms in total. The zero-order chi connectivity index (χ0) is 18.9. The van der Waals surface area contributed by atoms with Crippen LogP contribution in [-0.4, -0.2) is 10.7 Å². The van der Waals surface area contributed by atoms with Crippen LogP contribution in [-0.2, 0) is 4.57 Å². The number of carbonyl (C=O) groups is 1. The maximum absolute atomic E-state index is 13.3. The van der Waals surface area contributed by atoms with Crippen LogP contribution in [0, 0.1) is 20.8 Å². The van der Waals surface area contributed by atoms with E-state index in [1.807, 2.05) is 26.0 Å². The molecule has 0 amide bonds. The van der Waals surface area contributed by atoms with Crippen molar-refractivity contribution in [2.75, 3.05) is 0 Å². The van der Waals surface area contributed by atoms with E-state index in [0.29, 0.717) is 22.0 Å². The van der Waals surface area contributed by atoms with Crippen molar-refractivity contribution in [1.82, 2.24) is 0 Å². The number of aryl methyl sites for hydroxylation is 3. The molecular formula is C22H21O3P. The van der Waals surface area contributed by atoms with Crippen LogP contribution in [0.2, 0.25) is 0 Å². The maximum Gasteiger partial charge on any atom is 0.259 e. The minimum atomic E-state index is -3.88. The van der Waals surface area contributed by atoms with Crippen molar-refractivity contribution in [3.63, 3.8) is 0 Å². The van der Waals surface area contributed by atoms with Gasteiger partial charge in [0.1, 0.15) is 0 Å². The molecule has 4 heteroatoms. The lowest BCUT2D eigenvalue weighted by molar-refractivity contribution is 0.103. The monoisotopic (exact) mass is 364 g/mol. The van der Waals surface area contributed by atoms with Gasteiger partial charge in [-0.3, -0.25) is 9.36 Å². The number of hydrogen-bond acceptors (Lipinski definition) is 2. The molecule has 0 aliphatic heterocycles. The molecule has 0 aromatic heterocycles. The number of carbonyl (C=O) groups excluding carboxylic acids is 1. The van der Waals surface area contributed by atoms with Crippen LogP contribution in [0.1, 0.15) is 32.6 Å². The summed E-state index contributed by atoms with van der Waals surface area (Å²) in [5.41, 5.74) is 3.49. The molecule has 0 spiro atoms. The lowest BCUT2D eigenvalue weighted by Crippen LogP contribution is -2.24. The molecule has 26 heavy (non-hydrogen) atoms. The quantitative estimate of drug-likeness (QED) is 0.561. The predicted octanol–water partition coefficient (Wildman–Crippen LogP) is 4.06. The fourth-order valence-corrected chi connectivity index (χ4v) is 4.90. The smallest absolute Gasteiger partial charge is 0.259 e. The molecule has 0 saturated heterocycles. The molecule has 0 aliphatic carbocycles. The van der Waals surface area contributed by atoms with Gasteiger partial charge < -0.3 is 4.89 Å². The number of ketones is 1. The highest BCUT2D eigenvalue weighted by atomic mass is 31.2. The molecule has 132 valence electrons. The first-order valence-corrected chi connectivity index (χ1v) is 10.1. The number of rotatable bonds is 4. The fraction of sp³-hybridized carbons (Fsp3) is 0.136. The second kappa shape index (κ2) is 7.03. The molecular weight excluding hydrogens is 343 g/mol. The first-order chi connectivity index (χ1) is 12.3. The zero-order valence-corrected chi connectivity index (χ0v) is 16.0. The molecule has 0 aliphatic rings. The third kappa shape index (κ3) is 3.29. The highest BCUT2D eigenvalue weighted by molar-refractivity contribution is 7.73. The Kier molecular flexibility index (Phi) is 4.95. The molecule has 1 N–H and O–H groups in total. The maximum atomic E-state index is 13.3. The van der Waals surface area contributed by atoms with E-state index in [1.165, 1.54) is 0 Å². The molecule has 3 aromatic rings. The SMILES string of the molecule is Cc1ccc(C(=O)c2c(C)cccc2P(=O)(O)c2ccccc2)c(C)c1. The van der Waals surface area contributed by atoms with E-state index in [9.17, 15) is 14.3 Å². The van der Waals surface area contributed by atoms with Gasteiger partial charge in [-0.15, -0.1) is 0 Å². The highest BCUT2D eigenvalue weighted by Gasteiger charge is 2.30. The lowest BCUT2D eigenvalue weighted by atomic mass is 9.95. The first kappa shape index (κ1) is 18.3. The molecule has 0 heterocycles.